The molecule has 1 aliphatic heterocycles. The van der Waals surface area contributed by atoms with Crippen LogP contribution in [0, 0.1) is 5.82 Å². The first-order chi connectivity index (χ1) is 14.4. The summed E-state index contributed by atoms with van der Waals surface area (Å²) in [7, 11) is -1.99. The van der Waals surface area contributed by atoms with Gasteiger partial charge in [-0.25, -0.2) is 17.8 Å². The van der Waals surface area contributed by atoms with Gasteiger partial charge in [0.15, 0.2) is 15.0 Å². The van der Waals surface area contributed by atoms with E-state index in [0.29, 0.717) is 25.9 Å². The average Bonchev–Trinajstić information content (AvgIpc) is 3.24. The van der Waals surface area contributed by atoms with Crippen molar-refractivity contribution in [2.75, 3.05) is 25.1 Å². The number of sulfone groups is 1. The molecule has 0 atom stereocenters. The quantitative estimate of drug-likeness (QED) is 0.492. The van der Waals surface area contributed by atoms with E-state index in [1.807, 2.05) is 29.6 Å². The Morgan fingerprint density at radius 3 is 2.67 bits per heavy atom. The summed E-state index contributed by atoms with van der Waals surface area (Å²) in [4.78, 5) is 6.83. The minimum Gasteiger partial charge on any atom is -0.497 e. The van der Waals surface area contributed by atoms with E-state index >= 15 is 0 Å². The summed E-state index contributed by atoms with van der Waals surface area (Å²) >= 11 is 7.53. The number of thiazole rings is 1. The van der Waals surface area contributed by atoms with Gasteiger partial charge in [-0.1, -0.05) is 23.7 Å². The smallest absolute Gasteiger partial charge is 0.185 e. The lowest BCUT2D eigenvalue weighted by Crippen LogP contribution is -2.39. The highest BCUT2D eigenvalue weighted by molar-refractivity contribution is 7.92. The van der Waals surface area contributed by atoms with Crippen LogP contribution in [0.5, 0.6) is 5.75 Å². The number of nitrogens with zero attached hydrogens (tertiary/aromatic N) is 2. The summed E-state index contributed by atoms with van der Waals surface area (Å²) in [6.45, 7) is 1.15. The molecule has 1 aliphatic rings. The highest BCUT2D eigenvalue weighted by atomic mass is 35.5. The van der Waals surface area contributed by atoms with Crippen LogP contribution < -0.4 is 9.64 Å². The summed E-state index contributed by atoms with van der Waals surface area (Å²) in [5, 5.41) is 2.24. The monoisotopic (exact) mass is 466 g/mol. The molecule has 0 unspecified atom stereocenters. The van der Waals surface area contributed by atoms with E-state index in [1.54, 1.807) is 7.11 Å². The molecular formula is C21H20ClFN2O3S2. The zero-order chi connectivity index (χ0) is 21.3. The molecule has 9 heteroatoms. The van der Waals surface area contributed by atoms with Crippen molar-refractivity contribution in [1.29, 1.82) is 0 Å². The van der Waals surface area contributed by atoms with Crippen LogP contribution in [0.25, 0.3) is 11.3 Å². The largest absolute Gasteiger partial charge is 0.497 e. The van der Waals surface area contributed by atoms with Gasteiger partial charge in [0.25, 0.3) is 0 Å². The van der Waals surface area contributed by atoms with Gasteiger partial charge < -0.3 is 9.64 Å². The van der Waals surface area contributed by atoms with Crippen LogP contribution >= 0.6 is 22.9 Å². The molecular weight excluding hydrogens is 447 g/mol. The van der Waals surface area contributed by atoms with Crippen molar-refractivity contribution >= 4 is 37.9 Å². The molecule has 4 rings (SSSR count). The Hall–Kier alpha value is -2.16. The number of methoxy groups -OCH3 is 1. The molecule has 0 aliphatic carbocycles. The Balaban J connectivity index is 1.46. The number of anilines is 1. The molecule has 0 radical (unpaired) electrons. The number of hydrogen-bond donors (Lipinski definition) is 0. The Kier molecular flexibility index (Phi) is 5.99. The third-order valence-corrected chi connectivity index (χ3v) is 8.85. The van der Waals surface area contributed by atoms with Crippen LogP contribution in [0.1, 0.15) is 12.8 Å². The predicted octanol–water partition coefficient (Wildman–Crippen LogP) is 5.05. The lowest BCUT2D eigenvalue weighted by Gasteiger charge is -2.31. The third kappa shape index (κ3) is 4.17. The maximum Gasteiger partial charge on any atom is 0.185 e. The molecule has 0 amide bonds. The van der Waals surface area contributed by atoms with Gasteiger partial charge in [-0.3, -0.25) is 0 Å². The van der Waals surface area contributed by atoms with Crippen LogP contribution in [0.4, 0.5) is 9.52 Å². The van der Waals surface area contributed by atoms with Crippen molar-refractivity contribution < 1.29 is 17.5 Å². The maximum atomic E-state index is 13.3. The Labute approximate surface area is 184 Å². The van der Waals surface area contributed by atoms with E-state index in [9.17, 15) is 12.8 Å². The second-order valence-electron chi connectivity index (χ2n) is 7.05. The summed E-state index contributed by atoms with van der Waals surface area (Å²) in [6.07, 6.45) is 0.925. The number of aromatic nitrogens is 1. The molecule has 2 heterocycles. The van der Waals surface area contributed by atoms with Gasteiger partial charge in [-0.05, 0) is 43.2 Å². The van der Waals surface area contributed by atoms with Gasteiger partial charge >= 0.3 is 0 Å². The van der Waals surface area contributed by atoms with Gasteiger partial charge in [-0.2, -0.15) is 0 Å². The van der Waals surface area contributed by atoms with Crippen molar-refractivity contribution in [2.45, 2.75) is 23.0 Å². The van der Waals surface area contributed by atoms with E-state index in [-0.39, 0.29) is 9.92 Å². The Bertz CT molecular complexity index is 1160. The fourth-order valence-electron chi connectivity index (χ4n) is 3.57. The molecule has 0 bridgehead atoms. The Morgan fingerprint density at radius 2 is 1.97 bits per heavy atom. The maximum absolute atomic E-state index is 13.3. The number of hydrogen-bond acceptors (Lipinski definition) is 6. The predicted molar refractivity (Wildman–Crippen MR) is 118 cm³/mol. The molecule has 1 saturated heterocycles. The summed E-state index contributed by atoms with van der Waals surface area (Å²) in [5.74, 6) is 0.219. The van der Waals surface area contributed by atoms with Crippen LogP contribution in [0.3, 0.4) is 0 Å². The van der Waals surface area contributed by atoms with Gasteiger partial charge in [0.2, 0.25) is 0 Å². The average molecular weight is 467 g/mol. The van der Waals surface area contributed by atoms with E-state index in [4.69, 9.17) is 21.3 Å². The second kappa shape index (κ2) is 8.53. The van der Waals surface area contributed by atoms with Crippen molar-refractivity contribution in [3.8, 4) is 17.0 Å². The van der Waals surface area contributed by atoms with Gasteiger partial charge in [0.05, 0.1) is 28.0 Å². The Morgan fingerprint density at radius 1 is 1.20 bits per heavy atom. The van der Waals surface area contributed by atoms with Gasteiger partial charge in [-0.15, -0.1) is 11.3 Å². The van der Waals surface area contributed by atoms with Crippen LogP contribution in [0.15, 0.2) is 52.7 Å². The van der Waals surface area contributed by atoms with Gasteiger partial charge in [0.1, 0.15) is 11.6 Å². The molecule has 1 aromatic heterocycles. The standard InChI is InChI=1S/C21H20ClFN2O3S2/c1-28-16-4-2-3-14(11-16)19-13-29-21(24-19)25-9-7-17(8-10-25)30(26,27)20-6-5-15(23)12-18(20)22/h2-6,11-13,17H,7-10H2,1H3. The normalized spacial score (nSPS) is 15.4. The van der Waals surface area contributed by atoms with Crippen molar-refractivity contribution in [1.82, 2.24) is 4.98 Å². The highest BCUT2D eigenvalue weighted by Crippen LogP contribution is 2.34. The molecule has 2 aromatic carbocycles. The SMILES string of the molecule is COc1cccc(-c2csc(N3CCC(S(=O)(=O)c4ccc(F)cc4Cl)CC3)n2)c1. The molecule has 3 aromatic rings. The molecule has 0 spiro atoms. The van der Waals surface area contributed by atoms with Crippen molar-refractivity contribution in [3.63, 3.8) is 0 Å². The molecule has 158 valence electrons. The summed E-state index contributed by atoms with van der Waals surface area (Å²) < 4.78 is 44.5. The van der Waals surface area contributed by atoms with E-state index in [0.717, 1.165) is 34.3 Å². The van der Waals surface area contributed by atoms with Crippen molar-refractivity contribution in [3.05, 3.63) is 58.7 Å². The van der Waals surface area contributed by atoms with E-state index in [2.05, 4.69) is 4.90 Å². The fourth-order valence-corrected chi connectivity index (χ4v) is 6.72. The summed E-state index contributed by atoms with van der Waals surface area (Å²) in [6, 6.07) is 11.1. The fraction of sp³-hybridized carbons (Fsp3) is 0.286. The minimum atomic E-state index is -3.62. The first kappa shape index (κ1) is 21.1. The van der Waals surface area contributed by atoms with E-state index < -0.39 is 20.9 Å². The zero-order valence-electron chi connectivity index (χ0n) is 16.2. The third-order valence-electron chi connectivity index (χ3n) is 5.21. The van der Waals surface area contributed by atoms with Crippen molar-refractivity contribution in [2.24, 2.45) is 0 Å². The molecule has 5 nitrogen and oxygen atoms in total. The lowest BCUT2D eigenvalue weighted by molar-refractivity contribution is 0.415. The number of piperidine rings is 1. The topological polar surface area (TPSA) is 59.5 Å². The van der Waals surface area contributed by atoms with Gasteiger partial charge in [0, 0.05) is 24.0 Å². The van der Waals surface area contributed by atoms with Crippen LogP contribution in [-0.4, -0.2) is 38.9 Å². The first-order valence-electron chi connectivity index (χ1n) is 9.42. The lowest BCUT2D eigenvalue weighted by atomic mass is 10.1. The minimum absolute atomic E-state index is 0.00132. The summed E-state index contributed by atoms with van der Waals surface area (Å²) in [5.41, 5.74) is 1.84. The first-order valence-corrected chi connectivity index (χ1v) is 12.2. The highest BCUT2D eigenvalue weighted by Gasteiger charge is 2.33. The number of benzene rings is 2. The number of rotatable bonds is 5. The van der Waals surface area contributed by atoms with Crippen LogP contribution in [-0.2, 0) is 9.84 Å². The molecule has 1 fully saturated rings. The van der Waals surface area contributed by atoms with E-state index in [1.165, 1.54) is 17.4 Å². The molecule has 30 heavy (non-hydrogen) atoms. The second-order valence-corrected chi connectivity index (χ2v) is 10.5. The number of halogens is 2. The van der Waals surface area contributed by atoms with Crippen LogP contribution in [0.2, 0.25) is 5.02 Å². The number of ether oxygens (including phenoxy) is 1. The zero-order valence-corrected chi connectivity index (χ0v) is 18.6. The molecule has 0 N–H and O–H groups in total. The molecule has 0 saturated carbocycles.